The van der Waals surface area contributed by atoms with Gasteiger partial charge in [-0.1, -0.05) is 18.2 Å². The van der Waals surface area contributed by atoms with Gasteiger partial charge in [0.1, 0.15) is 11.8 Å². The van der Waals surface area contributed by atoms with Crippen molar-refractivity contribution in [2.24, 2.45) is 0 Å². The van der Waals surface area contributed by atoms with Crippen molar-refractivity contribution in [3.63, 3.8) is 0 Å². The molecule has 144 valence electrons. The molecule has 0 radical (unpaired) electrons. The highest BCUT2D eigenvalue weighted by Gasteiger charge is 2.49. The van der Waals surface area contributed by atoms with Crippen molar-refractivity contribution in [1.29, 1.82) is 0 Å². The van der Waals surface area contributed by atoms with E-state index in [0.717, 1.165) is 23.1 Å². The van der Waals surface area contributed by atoms with Crippen LogP contribution in [-0.4, -0.2) is 49.8 Å². The van der Waals surface area contributed by atoms with Crippen LogP contribution in [0.25, 0.3) is 0 Å². The number of piperazine rings is 1. The van der Waals surface area contributed by atoms with Crippen molar-refractivity contribution >= 4 is 12.4 Å². The standard InChI is InChI=1S/C14H15F7N2O.ClH/c15-12(16)14(20,21)24-10-4-2-1-3-9(10)11(13(17,18)19)23-7-5-22-6-8-23;/h1-4,11-12,22H,5-8H2;1H/t11-;/m0./s1. The van der Waals surface area contributed by atoms with Crippen molar-refractivity contribution < 1.29 is 35.5 Å². The summed E-state index contributed by atoms with van der Waals surface area (Å²) in [6, 6.07) is 1.92. The fourth-order valence-corrected chi connectivity index (χ4v) is 2.51. The summed E-state index contributed by atoms with van der Waals surface area (Å²) in [5.41, 5.74) is -0.618. The Morgan fingerprint density at radius 3 is 2.08 bits per heavy atom. The van der Waals surface area contributed by atoms with Crippen molar-refractivity contribution in [3.8, 4) is 5.75 Å². The second kappa shape index (κ2) is 8.41. The third-order valence-corrected chi connectivity index (χ3v) is 3.54. The van der Waals surface area contributed by atoms with Crippen LogP contribution in [0.2, 0.25) is 0 Å². The van der Waals surface area contributed by atoms with E-state index in [-0.39, 0.29) is 25.5 Å². The topological polar surface area (TPSA) is 24.5 Å². The van der Waals surface area contributed by atoms with E-state index < -0.39 is 36.1 Å². The van der Waals surface area contributed by atoms with E-state index in [1.807, 2.05) is 0 Å². The normalized spacial score (nSPS) is 17.9. The molecule has 1 aromatic carbocycles. The number of ether oxygens (including phenoxy) is 1. The minimum Gasteiger partial charge on any atom is -0.428 e. The number of nitrogens with one attached hydrogen (secondary N) is 1. The second-order valence-electron chi connectivity index (χ2n) is 5.23. The Morgan fingerprint density at radius 2 is 1.56 bits per heavy atom. The maximum atomic E-state index is 13.5. The zero-order chi connectivity index (χ0) is 18.0. The molecule has 0 spiro atoms. The fourth-order valence-electron chi connectivity index (χ4n) is 2.51. The molecule has 3 nitrogen and oxygen atoms in total. The Bertz CT molecular complexity index is 550. The predicted molar refractivity (Wildman–Crippen MR) is 78.5 cm³/mol. The van der Waals surface area contributed by atoms with Crippen LogP contribution in [0.3, 0.4) is 0 Å². The molecule has 1 N–H and O–H groups in total. The van der Waals surface area contributed by atoms with Crippen LogP contribution >= 0.6 is 12.4 Å². The molecule has 0 amide bonds. The average molecular weight is 397 g/mol. The lowest BCUT2D eigenvalue weighted by Gasteiger charge is -2.37. The summed E-state index contributed by atoms with van der Waals surface area (Å²) in [4.78, 5) is 1.05. The first-order chi connectivity index (χ1) is 11.1. The zero-order valence-electron chi connectivity index (χ0n) is 12.7. The number of alkyl halides is 7. The van der Waals surface area contributed by atoms with Gasteiger partial charge in [0, 0.05) is 31.7 Å². The van der Waals surface area contributed by atoms with Crippen LogP contribution in [0.5, 0.6) is 5.75 Å². The minimum absolute atomic E-state index is 0. The third kappa shape index (κ3) is 5.35. The Labute approximate surface area is 145 Å². The second-order valence-corrected chi connectivity index (χ2v) is 5.23. The van der Waals surface area contributed by atoms with E-state index in [4.69, 9.17) is 0 Å². The van der Waals surface area contributed by atoms with Gasteiger partial charge in [-0.15, -0.1) is 12.4 Å². The van der Waals surface area contributed by atoms with Crippen LogP contribution in [0.1, 0.15) is 11.6 Å². The lowest BCUT2D eigenvalue weighted by Crippen LogP contribution is -2.49. The molecule has 1 heterocycles. The van der Waals surface area contributed by atoms with Crippen molar-refractivity contribution in [2.45, 2.75) is 24.8 Å². The van der Waals surface area contributed by atoms with E-state index in [2.05, 4.69) is 10.1 Å². The van der Waals surface area contributed by atoms with Gasteiger partial charge in [0.2, 0.25) is 0 Å². The SMILES string of the molecule is Cl.FC(F)C(F)(F)Oc1ccccc1[C@H](N1CCNCC1)C(F)(F)F. The van der Waals surface area contributed by atoms with Crippen LogP contribution in [0, 0.1) is 0 Å². The first-order valence-corrected chi connectivity index (χ1v) is 7.08. The maximum absolute atomic E-state index is 13.5. The molecule has 1 fully saturated rings. The number of nitrogens with zero attached hydrogens (tertiary/aromatic N) is 1. The number of benzene rings is 1. The van der Waals surface area contributed by atoms with E-state index in [9.17, 15) is 30.7 Å². The molecule has 0 aliphatic carbocycles. The largest absolute Gasteiger partial charge is 0.461 e. The monoisotopic (exact) mass is 396 g/mol. The van der Waals surface area contributed by atoms with Gasteiger partial charge in [-0.3, -0.25) is 4.90 Å². The Kier molecular flexibility index (Phi) is 7.33. The van der Waals surface area contributed by atoms with Crippen molar-refractivity contribution in [1.82, 2.24) is 10.2 Å². The Hall–Kier alpha value is -1.26. The zero-order valence-corrected chi connectivity index (χ0v) is 13.5. The number of hydrogen-bond donors (Lipinski definition) is 1. The van der Waals surface area contributed by atoms with Gasteiger partial charge in [-0.05, 0) is 6.07 Å². The highest BCUT2D eigenvalue weighted by molar-refractivity contribution is 5.85. The number of rotatable bonds is 5. The third-order valence-electron chi connectivity index (χ3n) is 3.54. The van der Waals surface area contributed by atoms with Crippen molar-refractivity contribution in [2.75, 3.05) is 26.2 Å². The lowest BCUT2D eigenvalue weighted by molar-refractivity contribution is -0.254. The first kappa shape index (κ1) is 21.8. The molecule has 1 saturated heterocycles. The van der Waals surface area contributed by atoms with E-state index >= 15 is 0 Å². The molecule has 2 rings (SSSR count). The van der Waals surface area contributed by atoms with Crippen LogP contribution in [-0.2, 0) is 0 Å². The van der Waals surface area contributed by atoms with Crippen LogP contribution in [0.4, 0.5) is 30.7 Å². The molecule has 1 atom stereocenters. The van der Waals surface area contributed by atoms with Gasteiger partial charge in [0.15, 0.2) is 0 Å². The quantitative estimate of drug-likeness (QED) is 0.765. The summed E-state index contributed by atoms with van der Waals surface area (Å²) in [6.45, 7) is 0.652. The van der Waals surface area contributed by atoms with Gasteiger partial charge in [0.05, 0.1) is 0 Å². The summed E-state index contributed by atoms with van der Waals surface area (Å²) in [5.74, 6) is -0.913. The summed E-state index contributed by atoms with van der Waals surface area (Å²) in [5, 5.41) is 2.88. The van der Waals surface area contributed by atoms with Gasteiger partial charge in [-0.2, -0.15) is 30.7 Å². The molecule has 0 bridgehead atoms. The summed E-state index contributed by atoms with van der Waals surface area (Å²) >= 11 is 0. The first-order valence-electron chi connectivity index (χ1n) is 7.08. The van der Waals surface area contributed by atoms with E-state index in [1.165, 1.54) is 6.07 Å². The molecule has 0 unspecified atom stereocenters. The summed E-state index contributed by atoms with van der Waals surface area (Å²) < 4.78 is 95.3. The summed E-state index contributed by atoms with van der Waals surface area (Å²) in [6.07, 6.45) is -13.8. The number of halogens is 8. The van der Waals surface area contributed by atoms with Crippen molar-refractivity contribution in [3.05, 3.63) is 29.8 Å². The molecular formula is C14H16ClF7N2O. The summed E-state index contributed by atoms with van der Waals surface area (Å²) in [7, 11) is 0. The van der Waals surface area contributed by atoms with E-state index in [0.29, 0.717) is 13.1 Å². The van der Waals surface area contributed by atoms with Crippen LogP contribution in [0.15, 0.2) is 24.3 Å². The van der Waals surface area contributed by atoms with Gasteiger partial charge in [-0.25, -0.2) is 0 Å². The molecule has 1 aromatic rings. The molecule has 1 aliphatic heterocycles. The molecule has 0 saturated carbocycles. The predicted octanol–water partition coefficient (Wildman–Crippen LogP) is 3.85. The van der Waals surface area contributed by atoms with E-state index in [1.54, 1.807) is 0 Å². The highest BCUT2D eigenvalue weighted by Crippen LogP contribution is 2.43. The van der Waals surface area contributed by atoms with Crippen LogP contribution < -0.4 is 10.1 Å². The van der Waals surface area contributed by atoms with Gasteiger partial charge < -0.3 is 10.1 Å². The number of para-hydroxylation sites is 1. The lowest BCUT2D eigenvalue weighted by atomic mass is 10.0. The fraction of sp³-hybridized carbons (Fsp3) is 0.571. The van der Waals surface area contributed by atoms with Gasteiger partial charge in [0.25, 0.3) is 0 Å². The molecule has 0 aromatic heterocycles. The smallest absolute Gasteiger partial charge is 0.428 e. The molecular weight excluding hydrogens is 381 g/mol. The van der Waals surface area contributed by atoms with Gasteiger partial charge >= 0.3 is 18.7 Å². The Balaban J connectivity index is 0.00000312. The highest BCUT2D eigenvalue weighted by atomic mass is 35.5. The number of hydrogen-bond acceptors (Lipinski definition) is 3. The minimum atomic E-state index is -4.88. The molecule has 11 heteroatoms. The molecule has 1 aliphatic rings. The average Bonchev–Trinajstić information content (AvgIpc) is 2.48. The molecule has 25 heavy (non-hydrogen) atoms. The Morgan fingerprint density at radius 1 is 1.00 bits per heavy atom. The maximum Gasteiger partial charge on any atom is 0.461 e.